The van der Waals surface area contributed by atoms with Gasteiger partial charge in [0.25, 0.3) is 0 Å². The third-order valence-electron chi connectivity index (χ3n) is 7.69. The van der Waals surface area contributed by atoms with Crippen molar-refractivity contribution in [2.45, 2.75) is 84.2 Å². The molecule has 0 radical (unpaired) electrons. The molecule has 0 bridgehead atoms. The van der Waals surface area contributed by atoms with Crippen LogP contribution < -0.4 is 5.69 Å². The Morgan fingerprint density at radius 3 is 2.67 bits per heavy atom. The fraction of sp³-hybridized carbons (Fsp3) is 0.433. The summed E-state index contributed by atoms with van der Waals surface area (Å²) < 4.78 is 6.08. The molecule has 204 valence electrons. The minimum atomic E-state index is -0.445. The van der Waals surface area contributed by atoms with Crippen molar-refractivity contribution in [3.8, 4) is 17.2 Å². The van der Waals surface area contributed by atoms with Crippen LogP contribution in [0.25, 0.3) is 17.2 Å². The highest BCUT2D eigenvalue weighted by molar-refractivity contribution is 5.65. The molecule has 1 aliphatic rings. The standard InChI is InChI=1S/C30H38N8O/c1-6-7-11-25-19-37(28-26(21(2)3)12-17-36(28)22(4)5)29(39)38(25)20-30(13-15-31-16-14-30)24-10-8-9-23(18-24)27-32-34-35-33-27/h8-10,12-13,15-19,21-22H,6-7,11,14,20H2,1-5H3,(H,32,33,34,35). The van der Waals surface area contributed by atoms with E-state index < -0.39 is 5.41 Å². The summed E-state index contributed by atoms with van der Waals surface area (Å²) in [5.74, 6) is 1.81. The zero-order chi connectivity index (χ0) is 27.6. The number of nitrogens with one attached hydrogen (secondary N) is 1. The van der Waals surface area contributed by atoms with Crippen LogP contribution in [0.3, 0.4) is 0 Å². The molecule has 0 spiro atoms. The number of hydrogen-bond acceptors (Lipinski definition) is 5. The molecule has 1 N–H and O–H groups in total. The second-order valence-electron chi connectivity index (χ2n) is 11.0. The molecule has 5 rings (SSSR count). The van der Waals surface area contributed by atoms with Crippen molar-refractivity contribution in [2.75, 3.05) is 0 Å². The van der Waals surface area contributed by atoms with Crippen molar-refractivity contribution in [3.63, 3.8) is 0 Å². The quantitative estimate of drug-likeness (QED) is 0.291. The van der Waals surface area contributed by atoms with Gasteiger partial charge >= 0.3 is 5.69 Å². The molecule has 1 aliphatic heterocycles. The van der Waals surface area contributed by atoms with E-state index in [1.54, 1.807) is 0 Å². The van der Waals surface area contributed by atoms with Crippen LogP contribution in [0.15, 0.2) is 64.8 Å². The van der Waals surface area contributed by atoms with Gasteiger partial charge in [-0.2, -0.15) is 5.21 Å². The second-order valence-corrected chi connectivity index (χ2v) is 11.0. The van der Waals surface area contributed by atoms with Gasteiger partial charge in [-0.15, -0.1) is 10.2 Å². The molecule has 9 nitrogen and oxygen atoms in total. The number of hydrogen-bond donors (Lipinski definition) is 1. The molecule has 4 heterocycles. The number of H-pyrrole nitrogens is 1. The molecule has 1 unspecified atom stereocenters. The smallest absolute Gasteiger partial charge is 0.331 e. The highest BCUT2D eigenvalue weighted by Crippen LogP contribution is 2.35. The Morgan fingerprint density at radius 1 is 1.15 bits per heavy atom. The first-order valence-corrected chi connectivity index (χ1v) is 13.9. The van der Waals surface area contributed by atoms with Crippen LogP contribution >= 0.6 is 0 Å². The zero-order valence-electron chi connectivity index (χ0n) is 23.5. The molecule has 4 aromatic rings. The lowest BCUT2D eigenvalue weighted by atomic mass is 9.76. The lowest BCUT2D eigenvalue weighted by molar-refractivity contribution is 0.438. The summed E-state index contributed by atoms with van der Waals surface area (Å²) in [6.07, 6.45) is 13.7. The number of aromatic amines is 1. The molecule has 3 aromatic heterocycles. The van der Waals surface area contributed by atoms with Gasteiger partial charge in [0, 0.05) is 54.1 Å². The number of aromatic nitrogens is 7. The van der Waals surface area contributed by atoms with E-state index in [-0.39, 0.29) is 11.7 Å². The van der Waals surface area contributed by atoms with Crippen LogP contribution in [0, 0.1) is 0 Å². The van der Waals surface area contributed by atoms with Crippen LogP contribution in [-0.4, -0.2) is 40.5 Å². The lowest BCUT2D eigenvalue weighted by Crippen LogP contribution is -2.37. The molecular weight excluding hydrogens is 488 g/mol. The average Bonchev–Trinajstić information content (AvgIpc) is 3.68. The van der Waals surface area contributed by atoms with Gasteiger partial charge in [0.15, 0.2) is 0 Å². The van der Waals surface area contributed by atoms with Crippen molar-refractivity contribution in [1.82, 2.24) is 34.3 Å². The number of aliphatic imine (C=N–C) groups is 1. The molecule has 0 fully saturated rings. The number of aryl methyl sites for hydroxylation is 1. The normalized spacial score (nSPS) is 17.1. The number of imidazole rings is 1. The zero-order valence-corrected chi connectivity index (χ0v) is 23.5. The molecule has 1 aromatic carbocycles. The molecule has 39 heavy (non-hydrogen) atoms. The number of nitrogens with zero attached hydrogens (tertiary/aromatic N) is 7. The maximum atomic E-state index is 14.3. The van der Waals surface area contributed by atoms with E-state index in [0.717, 1.165) is 41.9 Å². The van der Waals surface area contributed by atoms with Crippen molar-refractivity contribution < 1.29 is 0 Å². The Hall–Kier alpha value is -4.01. The van der Waals surface area contributed by atoms with Gasteiger partial charge in [-0.05, 0) is 67.5 Å². The first kappa shape index (κ1) is 26.6. The van der Waals surface area contributed by atoms with Crippen LogP contribution in [0.2, 0.25) is 0 Å². The van der Waals surface area contributed by atoms with Gasteiger partial charge in [-0.25, -0.2) is 4.79 Å². The Labute approximate surface area is 229 Å². The van der Waals surface area contributed by atoms with Gasteiger partial charge in [0.05, 0.1) is 0 Å². The number of unbranched alkanes of at least 4 members (excludes halogenated alkanes) is 1. The summed E-state index contributed by atoms with van der Waals surface area (Å²) in [5, 5.41) is 14.6. The molecule has 9 heteroatoms. The van der Waals surface area contributed by atoms with Crippen molar-refractivity contribution in [2.24, 2.45) is 4.99 Å². The Balaban J connectivity index is 1.65. The van der Waals surface area contributed by atoms with E-state index >= 15 is 0 Å². The molecule has 0 saturated carbocycles. The van der Waals surface area contributed by atoms with Crippen LogP contribution in [0.1, 0.15) is 82.7 Å². The number of allylic oxidation sites excluding steroid dienone is 1. The van der Waals surface area contributed by atoms with Gasteiger partial charge in [-0.1, -0.05) is 51.5 Å². The maximum Gasteiger partial charge on any atom is 0.334 e. The van der Waals surface area contributed by atoms with E-state index in [1.807, 2.05) is 33.7 Å². The number of benzene rings is 1. The van der Waals surface area contributed by atoms with Gasteiger partial charge < -0.3 is 4.57 Å². The minimum Gasteiger partial charge on any atom is -0.331 e. The van der Waals surface area contributed by atoms with Crippen molar-refractivity contribution in [3.05, 3.63) is 82.3 Å². The highest BCUT2D eigenvalue weighted by atomic mass is 16.1. The van der Waals surface area contributed by atoms with Crippen LogP contribution in [0.5, 0.6) is 0 Å². The summed E-state index contributed by atoms with van der Waals surface area (Å²) >= 11 is 0. The van der Waals surface area contributed by atoms with E-state index in [0.29, 0.717) is 24.7 Å². The Kier molecular flexibility index (Phi) is 7.50. The molecule has 0 saturated heterocycles. The minimum absolute atomic E-state index is 0.00628. The van der Waals surface area contributed by atoms with Crippen LogP contribution in [-0.2, 0) is 18.4 Å². The summed E-state index contributed by atoms with van der Waals surface area (Å²) in [5.41, 5.74) is 3.74. The van der Waals surface area contributed by atoms with Gasteiger partial charge in [0.2, 0.25) is 5.82 Å². The molecule has 0 aliphatic carbocycles. The maximum absolute atomic E-state index is 14.3. The molecular formula is C30H38N8O. The van der Waals surface area contributed by atoms with E-state index in [1.165, 1.54) is 5.56 Å². The third kappa shape index (κ3) is 5.05. The summed E-state index contributed by atoms with van der Waals surface area (Å²) in [6, 6.07) is 10.6. The predicted octanol–water partition coefficient (Wildman–Crippen LogP) is 5.59. The van der Waals surface area contributed by atoms with Gasteiger partial charge in [0.1, 0.15) is 5.82 Å². The topological polar surface area (TPSA) is 98.7 Å². The molecule has 1 atom stereocenters. The monoisotopic (exact) mass is 526 g/mol. The fourth-order valence-corrected chi connectivity index (χ4v) is 5.48. The van der Waals surface area contributed by atoms with Crippen molar-refractivity contribution in [1.29, 1.82) is 0 Å². The van der Waals surface area contributed by atoms with Crippen molar-refractivity contribution >= 4 is 6.21 Å². The first-order valence-electron chi connectivity index (χ1n) is 13.9. The van der Waals surface area contributed by atoms with E-state index in [4.69, 9.17) is 0 Å². The lowest BCUT2D eigenvalue weighted by Gasteiger charge is -2.32. The van der Waals surface area contributed by atoms with E-state index in [9.17, 15) is 4.79 Å². The predicted molar refractivity (Wildman–Crippen MR) is 155 cm³/mol. The SMILES string of the molecule is CCCCc1cn(-c2c(C(C)C)ccn2C(C)C)c(=O)n1CC1(c2cccc(-c3nn[nH]n3)c2)C=CN=CC1. The number of tetrazole rings is 1. The average molecular weight is 527 g/mol. The largest absolute Gasteiger partial charge is 0.334 e. The third-order valence-corrected chi connectivity index (χ3v) is 7.69. The Morgan fingerprint density at radius 2 is 2.00 bits per heavy atom. The van der Waals surface area contributed by atoms with E-state index in [2.05, 4.69) is 101 Å². The second kappa shape index (κ2) is 11.0. The Bertz CT molecular complexity index is 1510. The van der Waals surface area contributed by atoms with Crippen LogP contribution in [0.4, 0.5) is 0 Å². The molecule has 0 amide bonds. The summed E-state index contributed by atoms with van der Waals surface area (Å²) in [4.78, 5) is 18.7. The van der Waals surface area contributed by atoms with Gasteiger partial charge in [-0.3, -0.25) is 14.1 Å². The number of rotatable bonds is 10. The highest BCUT2D eigenvalue weighted by Gasteiger charge is 2.33. The fourth-order valence-electron chi connectivity index (χ4n) is 5.48. The first-order chi connectivity index (χ1) is 18.8. The summed E-state index contributed by atoms with van der Waals surface area (Å²) in [7, 11) is 0. The summed E-state index contributed by atoms with van der Waals surface area (Å²) in [6.45, 7) is 11.4.